The van der Waals surface area contributed by atoms with Gasteiger partial charge in [-0.05, 0) is 22.9 Å². The number of carbonyl (C=O) groups excluding carboxylic acids is 1. The summed E-state index contributed by atoms with van der Waals surface area (Å²) >= 11 is 0. The molecule has 3 nitrogen and oxygen atoms in total. The van der Waals surface area contributed by atoms with Crippen LogP contribution in [0.15, 0.2) is 36.4 Å². The van der Waals surface area contributed by atoms with E-state index >= 15 is 0 Å². The quantitative estimate of drug-likeness (QED) is 0.703. The van der Waals surface area contributed by atoms with Gasteiger partial charge in [0.05, 0.1) is 0 Å². The minimum absolute atomic E-state index is 0.302. The van der Waals surface area contributed by atoms with Crippen molar-refractivity contribution in [2.45, 2.75) is 19.6 Å². The maximum atomic E-state index is 11.8. The lowest BCUT2D eigenvalue weighted by atomic mass is 10.1. The topological polar surface area (TPSA) is 35.5 Å². The van der Waals surface area contributed by atoms with Crippen molar-refractivity contribution in [1.82, 2.24) is 0 Å². The molecule has 1 aliphatic rings. The second-order valence-electron chi connectivity index (χ2n) is 4.06. The summed E-state index contributed by atoms with van der Waals surface area (Å²) in [4.78, 5) is 11.8. The Kier molecular flexibility index (Phi) is 2.25. The van der Waals surface area contributed by atoms with Crippen LogP contribution in [0.1, 0.15) is 23.7 Å². The van der Waals surface area contributed by atoms with E-state index in [4.69, 9.17) is 9.47 Å². The predicted molar refractivity (Wildman–Crippen MR) is 64.1 cm³/mol. The first-order valence-electron chi connectivity index (χ1n) is 5.68. The summed E-state index contributed by atoms with van der Waals surface area (Å²) in [5, 5.41) is 2.08. The number of carbonyl (C=O) groups is 1. The van der Waals surface area contributed by atoms with Gasteiger partial charge in [0.25, 0.3) is 0 Å². The second kappa shape index (κ2) is 3.77. The lowest BCUT2D eigenvalue weighted by Gasteiger charge is -2.25. The van der Waals surface area contributed by atoms with Gasteiger partial charge >= 0.3 is 5.97 Å². The zero-order chi connectivity index (χ0) is 11.8. The van der Waals surface area contributed by atoms with Gasteiger partial charge in [0.15, 0.2) is 0 Å². The van der Waals surface area contributed by atoms with E-state index in [1.807, 2.05) is 43.3 Å². The molecule has 0 unspecified atom stereocenters. The van der Waals surface area contributed by atoms with E-state index in [2.05, 4.69) is 0 Å². The fourth-order valence-electron chi connectivity index (χ4n) is 1.99. The molecule has 2 aromatic carbocycles. The second-order valence-corrected chi connectivity index (χ2v) is 4.06. The first kappa shape index (κ1) is 10.1. The van der Waals surface area contributed by atoms with Crippen molar-refractivity contribution in [2.75, 3.05) is 0 Å². The lowest BCUT2D eigenvalue weighted by Crippen LogP contribution is -2.29. The maximum Gasteiger partial charge on any atom is 0.345 e. The van der Waals surface area contributed by atoms with Gasteiger partial charge in [-0.1, -0.05) is 31.2 Å². The van der Waals surface area contributed by atoms with Gasteiger partial charge in [-0.15, -0.1) is 0 Å². The standard InChI is InChI=1S/C14H12O3/c1-2-13-16-12-8-10-6-4-3-5-9(10)7-11(12)14(15)17-13/h3-8,13H,2H2,1H3/t13-/m0/s1. The third kappa shape index (κ3) is 1.64. The van der Waals surface area contributed by atoms with Crippen LogP contribution in [-0.4, -0.2) is 12.3 Å². The van der Waals surface area contributed by atoms with Gasteiger partial charge in [-0.25, -0.2) is 4.79 Å². The van der Waals surface area contributed by atoms with E-state index in [-0.39, 0.29) is 5.97 Å². The molecule has 0 aromatic heterocycles. The summed E-state index contributed by atoms with van der Waals surface area (Å²) in [6.45, 7) is 1.92. The molecule has 0 spiro atoms. The first-order chi connectivity index (χ1) is 8.28. The Hall–Kier alpha value is -2.03. The predicted octanol–water partition coefficient (Wildman–Crippen LogP) is 3.13. The van der Waals surface area contributed by atoms with Gasteiger partial charge in [0.2, 0.25) is 6.29 Å². The number of rotatable bonds is 1. The van der Waals surface area contributed by atoms with Crippen molar-refractivity contribution in [3.63, 3.8) is 0 Å². The highest BCUT2D eigenvalue weighted by Gasteiger charge is 2.26. The van der Waals surface area contributed by atoms with Crippen LogP contribution in [0.3, 0.4) is 0 Å². The Labute approximate surface area is 99.0 Å². The Morgan fingerprint density at radius 3 is 2.53 bits per heavy atom. The van der Waals surface area contributed by atoms with Crippen molar-refractivity contribution in [3.05, 3.63) is 42.0 Å². The highest BCUT2D eigenvalue weighted by Crippen LogP contribution is 2.31. The minimum Gasteiger partial charge on any atom is -0.454 e. The van der Waals surface area contributed by atoms with Crippen molar-refractivity contribution in [3.8, 4) is 5.75 Å². The molecule has 1 aliphatic heterocycles. The Morgan fingerprint density at radius 2 is 1.82 bits per heavy atom. The zero-order valence-electron chi connectivity index (χ0n) is 9.47. The van der Waals surface area contributed by atoms with Crippen LogP contribution in [0.25, 0.3) is 10.8 Å². The maximum absolute atomic E-state index is 11.8. The lowest BCUT2D eigenvalue weighted by molar-refractivity contribution is -0.0610. The molecular formula is C14H12O3. The van der Waals surface area contributed by atoms with Crippen LogP contribution in [0.5, 0.6) is 5.75 Å². The van der Waals surface area contributed by atoms with Gasteiger partial charge < -0.3 is 9.47 Å². The molecule has 2 aromatic rings. The number of benzene rings is 2. The van der Waals surface area contributed by atoms with Gasteiger partial charge in [-0.3, -0.25) is 0 Å². The van der Waals surface area contributed by atoms with E-state index in [0.29, 0.717) is 17.7 Å². The number of ether oxygens (including phenoxy) is 2. The summed E-state index contributed by atoms with van der Waals surface area (Å²) < 4.78 is 10.8. The number of hydrogen-bond donors (Lipinski definition) is 0. The monoisotopic (exact) mass is 228 g/mol. The zero-order valence-corrected chi connectivity index (χ0v) is 9.47. The van der Waals surface area contributed by atoms with E-state index in [1.54, 1.807) is 0 Å². The van der Waals surface area contributed by atoms with E-state index in [0.717, 1.165) is 10.8 Å². The smallest absolute Gasteiger partial charge is 0.345 e. The Bertz CT molecular complexity index is 589. The fourth-order valence-corrected chi connectivity index (χ4v) is 1.99. The van der Waals surface area contributed by atoms with Crippen LogP contribution in [0.2, 0.25) is 0 Å². The van der Waals surface area contributed by atoms with Crippen LogP contribution < -0.4 is 4.74 Å². The normalized spacial score (nSPS) is 18.4. The molecule has 0 saturated carbocycles. The fraction of sp³-hybridized carbons (Fsp3) is 0.214. The highest BCUT2D eigenvalue weighted by molar-refractivity contribution is 5.99. The molecule has 17 heavy (non-hydrogen) atoms. The van der Waals surface area contributed by atoms with Gasteiger partial charge in [0.1, 0.15) is 11.3 Å². The number of fused-ring (bicyclic) bond motifs is 2. The molecule has 0 bridgehead atoms. The Morgan fingerprint density at radius 1 is 1.12 bits per heavy atom. The molecule has 3 heteroatoms. The summed E-state index contributed by atoms with van der Waals surface area (Å²) in [7, 11) is 0. The molecule has 1 atom stereocenters. The van der Waals surface area contributed by atoms with E-state index in [9.17, 15) is 4.79 Å². The van der Waals surface area contributed by atoms with Crippen LogP contribution in [0, 0.1) is 0 Å². The molecule has 0 fully saturated rings. The minimum atomic E-state index is -0.462. The summed E-state index contributed by atoms with van der Waals surface area (Å²) in [6.07, 6.45) is 0.189. The molecular weight excluding hydrogens is 216 g/mol. The molecule has 3 rings (SSSR count). The first-order valence-corrected chi connectivity index (χ1v) is 5.68. The van der Waals surface area contributed by atoms with Gasteiger partial charge in [-0.2, -0.15) is 0 Å². The summed E-state index contributed by atoms with van der Waals surface area (Å²) in [5.74, 6) is 0.315. The van der Waals surface area contributed by atoms with Gasteiger partial charge in [0, 0.05) is 6.42 Å². The molecule has 1 heterocycles. The Balaban J connectivity index is 2.18. The van der Waals surface area contributed by atoms with Crippen LogP contribution in [0.4, 0.5) is 0 Å². The molecule has 0 aliphatic carbocycles. The molecule has 0 saturated heterocycles. The third-order valence-electron chi connectivity index (χ3n) is 2.90. The molecule has 86 valence electrons. The van der Waals surface area contributed by atoms with Crippen molar-refractivity contribution in [2.24, 2.45) is 0 Å². The third-order valence-corrected chi connectivity index (χ3v) is 2.90. The van der Waals surface area contributed by atoms with Crippen molar-refractivity contribution >= 4 is 16.7 Å². The van der Waals surface area contributed by atoms with Crippen LogP contribution in [-0.2, 0) is 4.74 Å². The highest BCUT2D eigenvalue weighted by atomic mass is 16.7. The van der Waals surface area contributed by atoms with Crippen molar-refractivity contribution < 1.29 is 14.3 Å². The van der Waals surface area contributed by atoms with Crippen molar-refractivity contribution in [1.29, 1.82) is 0 Å². The average molecular weight is 228 g/mol. The number of esters is 1. The van der Waals surface area contributed by atoms with E-state index < -0.39 is 6.29 Å². The number of cyclic esters (lactones) is 1. The largest absolute Gasteiger partial charge is 0.454 e. The molecule has 0 N–H and O–H groups in total. The van der Waals surface area contributed by atoms with Crippen LogP contribution >= 0.6 is 0 Å². The SMILES string of the molecule is CC[C@@H]1OC(=O)c2cc3ccccc3cc2O1. The summed E-state index contributed by atoms with van der Waals surface area (Å²) in [5.41, 5.74) is 0.508. The average Bonchev–Trinajstić information content (AvgIpc) is 2.36. The molecule has 0 radical (unpaired) electrons. The summed E-state index contributed by atoms with van der Waals surface area (Å²) in [6, 6.07) is 11.6. The number of hydrogen-bond acceptors (Lipinski definition) is 3. The van der Waals surface area contributed by atoms with E-state index in [1.165, 1.54) is 0 Å². The molecule has 0 amide bonds.